The van der Waals surface area contributed by atoms with Crippen molar-refractivity contribution in [2.75, 3.05) is 25.0 Å². The van der Waals surface area contributed by atoms with Crippen LogP contribution in [0.25, 0.3) is 0 Å². The average molecular weight is 498 g/mol. The molecule has 0 radical (unpaired) electrons. The minimum Gasteiger partial charge on any atom is -0.503 e. The Bertz CT molecular complexity index is 831. The quantitative estimate of drug-likeness (QED) is 0.103. The Morgan fingerprint density at radius 1 is 0.657 bits per heavy atom. The van der Waals surface area contributed by atoms with Gasteiger partial charge in [0.1, 0.15) is 5.69 Å². The fourth-order valence-corrected chi connectivity index (χ4v) is 3.41. The summed E-state index contributed by atoms with van der Waals surface area (Å²) in [4.78, 5) is 38.0. The summed E-state index contributed by atoms with van der Waals surface area (Å²) in [5, 5.41) is 53.5. The van der Waals surface area contributed by atoms with E-state index in [1.54, 1.807) is 4.90 Å². The third-order valence-corrected chi connectivity index (χ3v) is 5.49. The average Bonchev–Trinajstić information content (AvgIpc) is 2.84. The van der Waals surface area contributed by atoms with Crippen molar-refractivity contribution in [2.45, 2.75) is 78.1 Å². The number of carbonyl (C=O) groups excluding carboxylic acids is 3. The summed E-state index contributed by atoms with van der Waals surface area (Å²) >= 11 is 0. The molecular weight excluding hydrogens is 458 g/mol. The van der Waals surface area contributed by atoms with Gasteiger partial charge in [-0.15, -0.1) is 0 Å². The Morgan fingerprint density at radius 3 is 1.86 bits per heavy atom. The lowest BCUT2D eigenvalue weighted by Crippen LogP contribution is -2.34. The highest BCUT2D eigenvalue weighted by molar-refractivity contribution is 5.96. The van der Waals surface area contributed by atoms with E-state index in [1.807, 2.05) is 13.8 Å². The number of phenolic OH excluding ortho intramolecular Hbond substituents is 5. The lowest BCUT2D eigenvalue weighted by atomic mass is 10.1. The maximum absolute atomic E-state index is 12.6. The zero-order chi connectivity index (χ0) is 26.4. The van der Waals surface area contributed by atoms with Gasteiger partial charge < -0.3 is 41.1 Å². The van der Waals surface area contributed by atoms with Gasteiger partial charge in [0.2, 0.25) is 35.0 Å². The minimum atomic E-state index is -1.12. The Balaban J connectivity index is 2.59. The van der Waals surface area contributed by atoms with Crippen molar-refractivity contribution in [3.8, 4) is 28.7 Å². The molecule has 0 fully saturated rings. The molecule has 7 N–H and O–H groups in total. The molecule has 1 aromatic carbocycles. The van der Waals surface area contributed by atoms with E-state index in [4.69, 9.17) is 0 Å². The lowest BCUT2D eigenvalue weighted by molar-refractivity contribution is -0.132. The van der Waals surface area contributed by atoms with Crippen LogP contribution < -0.4 is 10.6 Å². The summed E-state index contributed by atoms with van der Waals surface area (Å²) in [5.74, 6) is -5.96. The van der Waals surface area contributed by atoms with E-state index in [0.717, 1.165) is 44.9 Å². The number of benzene rings is 1. The molecule has 0 heterocycles. The number of nitrogens with one attached hydrogen (secondary N) is 2. The third kappa shape index (κ3) is 9.79. The SMILES string of the molecule is CCCCC(=O)N(CCCCCCNC(=O)CCC)CCC(=O)Nc1c(O)c(O)c(O)c(O)c1O. The molecule has 11 nitrogen and oxygen atoms in total. The highest BCUT2D eigenvalue weighted by Crippen LogP contribution is 2.53. The number of aromatic hydroxyl groups is 5. The lowest BCUT2D eigenvalue weighted by Gasteiger charge is -2.23. The van der Waals surface area contributed by atoms with Crippen LogP contribution in [0.4, 0.5) is 5.69 Å². The second kappa shape index (κ2) is 15.5. The van der Waals surface area contributed by atoms with Gasteiger partial charge in [-0.05, 0) is 25.7 Å². The van der Waals surface area contributed by atoms with E-state index >= 15 is 0 Å². The first kappa shape index (κ1) is 29.7. The highest BCUT2D eigenvalue weighted by atomic mass is 16.4. The second-order valence-corrected chi connectivity index (χ2v) is 8.41. The number of unbranched alkanes of at least 4 members (excludes halogenated alkanes) is 4. The smallest absolute Gasteiger partial charge is 0.226 e. The molecule has 0 aliphatic rings. The van der Waals surface area contributed by atoms with E-state index in [0.29, 0.717) is 25.9 Å². The normalized spacial score (nSPS) is 10.7. The van der Waals surface area contributed by atoms with Gasteiger partial charge in [0.05, 0.1) is 0 Å². The van der Waals surface area contributed by atoms with Gasteiger partial charge in [0.15, 0.2) is 11.5 Å². The maximum Gasteiger partial charge on any atom is 0.226 e. The Morgan fingerprint density at radius 2 is 1.26 bits per heavy atom. The van der Waals surface area contributed by atoms with Crippen LogP contribution in [0.2, 0.25) is 0 Å². The van der Waals surface area contributed by atoms with Gasteiger partial charge in [-0.3, -0.25) is 14.4 Å². The molecule has 1 aromatic rings. The van der Waals surface area contributed by atoms with E-state index in [9.17, 15) is 39.9 Å². The topological polar surface area (TPSA) is 180 Å². The Kier molecular flexibility index (Phi) is 13.1. The summed E-state index contributed by atoms with van der Waals surface area (Å²) in [5.41, 5.74) is -0.641. The number of hydrogen-bond acceptors (Lipinski definition) is 8. The van der Waals surface area contributed by atoms with Gasteiger partial charge >= 0.3 is 0 Å². The molecule has 35 heavy (non-hydrogen) atoms. The zero-order valence-corrected chi connectivity index (χ0v) is 20.6. The molecular formula is C24H39N3O8. The van der Waals surface area contributed by atoms with Crippen LogP contribution in [0.1, 0.15) is 78.1 Å². The number of phenols is 5. The highest BCUT2D eigenvalue weighted by Gasteiger charge is 2.25. The van der Waals surface area contributed by atoms with E-state index in [1.165, 1.54) is 0 Å². The summed E-state index contributed by atoms with van der Waals surface area (Å²) in [6, 6.07) is 0. The van der Waals surface area contributed by atoms with Gasteiger partial charge in [-0.1, -0.05) is 33.1 Å². The number of hydrogen-bond donors (Lipinski definition) is 7. The standard InChI is InChI=1S/C24H39N3O8/c1-3-5-11-18(30)27(14-9-7-6-8-13-25-16(28)10-4-2)15-12-17(29)26-19-20(31)22(33)24(35)23(34)21(19)32/h31-35H,3-15H2,1-2H3,(H,25,28)(H,26,29). The zero-order valence-electron chi connectivity index (χ0n) is 20.6. The van der Waals surface area contributed by atoms with E-state index < -0.39 is 40.3 Å². The van der Waals surface area contributed by atoms with Crippen LogP contribution in [-0.4, -0.2) is 67.8 Å². The predicted octanol–water partition coefficient (Wildman–Crippen LogP) is 3.04. The number of nitrogens with zero attached hydrogens (tertiary/aromatic N) is 1. The van der Waals surface area contributed by atoms with Crippen molar-refractivity contribution in [3.63, 3.8) is 0 Å². The minimum absolute atomic E-state index is 0.0536. The van der Waals surface area contributed by atoms with Crippen molar-refractivity contribution >= 4 is 23.4 Å². The number of anilines is 1. The Hall–Kier alpha value is -3.37. The first-order valence-electron chi connectivity index (χ1n) is 12.2. The largest absolute Gasteiger partial charge is 0.503 e. The van der Waals surface area contributed by atoms with Gasteiger partial charge in [-0.25, -0.2) is 0 Å². The fourth-order valence-electron chi connectivity index (χ4n) is 3.41. The molecule has 0 saturated carbocycles. The number of rotatable bonds is 16. The first-order valence-corrected chi connectivity index (χ1v) is 12.2. The molecule has 0 aliphatic heterocycles. The molecule has 0 saturated heterocycles. The molecule has 198 valence electrons. The third-order valence-electron chi connectivity index (χ3n) is 5.49. The number of carbonyl (C=O) groups is 3. The van der Waals surface area contributed by atoms with Crippen LogP contribution in [0.3, 0.4) is 0 Å². The van der Waals surface area contributed by atoms with Crippen LogP contribution >= 0.6 is 0 Å². The van der Waals surface area contributed by atoms with Crippen LogP contribution in [-0.2, 0) is 14.4 Å². The van der Waals surface area contributed by atoms with Gasteiger partial charge in [-0.2, -0.15) is 0 Å². The summed E-state index contributed by atoms with van der Waals surface area (Å²) < 4.78 is 0. The second-order valence-electron chi connectivity index (χ2n) is 8.41. The maximum atomic E-state index is 12.6. The molecule has 0 aliphatic carbocycles. The first-order chi connectivity index (χ1) is 16.6. The molecule has 11 heteroatoms. The number of amides is 3. The van der Waals surface area contributed by atoms with E-state index in [-0.39, 0.29) is 24.8 Å². The summed E-state index contributed by atoms with van der Waals surface area (Å²) in [6.45, 7) is 5.13. The van der Waals surface area contributed by atoms with Crippen molar-refractivity contribution in [2.24, 2.45) is 0 Å². The van der Waals surface area contributed by atoms with Gasteiger partial charge in [0, 0.05) is 38.9 Å². The van der Waals surface area contributed by atoms with Crippen molar-refractivity contribution in [3.05, 3.63) is 0 Å². The molecule has 0 bridgehead atoms. The van der Waals surface area contributed by atoms with Crippen LogP contribution in [0.5, 0.6) is 28.7 Å². The Labute approximate surface area is 205 Å². The molecule has 0 unspecified atom stereocenters. The summed E-state index contributed by atoms with van der Waals surface area (Å²) in [6.07, 6.45) is 6.49. The molecule has 0 spiro atoms. The fraction of sp³-hybridized carbons (Fsp3) is 0.625. The van der Waals surface area contributed by atoms with Crippen molar-refractivity contribution < 1.29 is 39.9 Å². The van der Waals surface area contributed by atoms with Gasteiger partial charge in [0.25, 0.3) is 0 Å². The van der Waals surface area contributed by atoms with Crippen LogP contribution in [0.15, 0.2) is 0 Å². The molecule has 0 atom stereocenters. The van der Waals surface area contributed by atoms with Crippen molar-refractivity contribution in [1.29, 1.82) is 0 Å². The molecule has 3 amide bonds. The molecule has 0 aromatic heterocycles. The monoisotopic (exact) mass is 497 g/mol. The van der Waals surface area contributed by atoms with Crippen molar-refractivity contribution in [1.82, 2.24) is 10.2 Å². The predicted molar refractivity (Wildman–Crippen MR) is 131 cm³/mol. The molecule has 1 rings (SSSR count). The summed E-state index contributed by atoms with van der Waals surface area (Å²) in [7, 11) is 0. The van der Waals surface area contributed by atoms with Crippen LogP contribution in [0, 0.1) is 0 Å². The van der Waals surface area contributed by atoms with E-state index in [2.05, 4.69) is 10.6 Å².